The van der Waals surface area contributed by atoms with Gasteiger partial charge in [-0.15, -0.1) is 0 Å². The molecule has 0 bridgehead atoms. The highest BCUT2D eigenvalue weighted by atomic mass is 35.5. The summed E-state index contributed by atoms with van der Waals surface area (Å²) in [5.74, 6) is 0. The van der Waals surface area contributed by atoms with E-state index in [4.69, 9.17) is 11.6 Å². The second kappa shape index (κ2) is 6.63. The van der Waals surface area contributed by atoms with E-state index in [2.05, 4.69) is 49.2 Å². The molecule has 0 aliphatic heterocycles. The molecule has 0 radical (unpaired) electrons. The van der Waals surface area contributed by atoms with Crippen LogP contribution in [0.2, 0.25) is 5.02 Å². The Morgan fingerprint density at radius 2 is 1.68 bits per heavy atom. The summed E-state index contributed by atoms with van der Waals surface area (Å²) in [5, 5.41) is 0.780. The Morgan fingerprint density at radius 3 is 2.37 bits per heavy atom. The maximum atomic E-state index is 6.06. The van der Waals surface area contributed by atoms with Gasteiger partial charge in [-0.2, -0.15) is 0 Å². The summed E-state index contributed by atoms with van der Waals surface area (Å²) >= 11 is 6.06. The van der Waals surface area contributed by atoms with Crippen molar-refractivity contribution in [3.8, 4) is 11.1 Å². The fourth-order valence-corrected chi connectivity index (χ4v) is 2.31. The van der Waals surface area contributed by atoms with Crippen LogP contribution in [0.15, 0.2) is 48.5 Å². The van der Waals surface area contributed by atoms with E-state index in [1.54, 1.807) is 0 Å². The third-order valence-electron chi connectivity index (χ3n) is 3.29. The monoisotopic (exact) mass is 273 g/mol. The van der Waals surface area contributed by atoms with E-state index in [1.807, 2.05) is 18.2 Å². The minimum atomic E-state index is 0.780. The van der Waals surface area contributed by atoms with Gasteiger partial charge in [0.25, 0.3) is 0 Å². The third kappa shape index (κ3) is 3.74. The molecule has 0 N–H and O–H groups in total. The lowest BCUT2D eigenvalue weighted by atomic mass is 10.0. The fourth-order valence-electron chi connectivity index (χ4n) is 2.12. The standard InChI is InChI=1S/C17H20ClN/c1-3-4-11-19(2)17-10-6-8-15(13-17)14-7-5-9-16(18)12-14/h5-10,12-13H,3-4,11H2,1-2H3. The Labute approximate surface area is 120 Å². The number of anilines is 1. The number of hydrogen-bond donors (Lipinski definition) is 0. The maximum absolute atomic E-state index is 6.06. The zero-order valence-electron chi connectivity index (χ0n) is 11.6. The lowest BCUT2D eigenvalue weighted by molar-refractivity contribution is 0.767. The van der Waals surface area contributed by atoms with Crippen LogP contribution in [0.1, 0.15) is 19.8 Å². The molecule has 0 heterocycles. The first-order chi connectivity index (χ1) is 9.20. The predicted molar refractivity (Wildman–Crippen MR) is 85.1 cm³/mol. The largest absolute Gasteiger partial charge is 0.375 e. The van der Waals surface area contributed by atoms with Crippen molar-refractivity contribution in [2.24, 2.45) is 0 Å². The number of rotatable bonds is 5. The van der Waals surface area contributed by atoms with Crippen LogP contribution in [0.4, 0.5) is 5.69 Å². The second-order valence-corrected chi connectivity index (χ2v) is 5.27. The fraction of sp³-hybridized carbons (Fsp3) is 0.294. The van der Waals surface area contributed by atoms with Crippen molar-refractivity contribution in [1.29, 1.82) is 0 Å². The molecule has 0 amide bonds. The molecule has 0 unspecified atom stereocenters. The van der Waals surface area contributed by atoms with Gasteiger partial charge in [-0.1, -0.05) is 49.2 Å². The molecule has 100 valence electrons. The summed E-state index contributed by atoms with van der Waals surface area (Å²) in [4.78, 5) is 2.30. The number of nitrogens with zero attached hydrogens (tertiary/aromatic N) is 1. The summed E-state index contributed by atoms with van der Waals surface area (Å²) in [7, 11) is 2.15. The molecular weight excluding hydrogens is 254 g/mol. The average molecular weight is 274 g/mol. The molecule has 1 nitrogen and oxygen atoms in total. The van der Waals surface area contributed by atoms with Crippen LogP contribution in [0.3, 0.4) is 0 Å². The lowest BCUT2D eigenvalue weighted by Gasteiger charge is -2.19. The minimum absolute atomic E-state index is 0.780. The summed E-state index contributed by atoms with van der Waals surface area (Å²) in [6.07, 6.45) is 2.44. The highest BCUT2D eigenvalue weighted by molar-refractivity contribution is 6.30. The van der Waals surface area contributed by atoms with Crippen LogP contribution in [0, 0.1) is 0 Å². The second-order valence-electron chi connectivity index (χ2n) is 4.84. The molecule has 0 saturated carbocycles. The first-order valence-electron chi connectivity index (χ1n) is 6.78. The summed E-state index contributed by atoms with van der Waals surface area (Å²) in [6, 6.07) is 16.6. The van der Waals surface area contributed by atoms with Gasteiger partial charge < -0.3 is 4.90 Å². The molecule has 0 saturated heterocycles. The van der Waals surface area contributed by atoms with Gasteiger partial charge in [-0.05, 0) is 41.8 Å². The van der Waals surface area contributed by atoms with Gasteiger partial charge in [0.05, 0.1) is 0 Å². The third-order valence-corrected chi connectivity index (χ3v) is 3.53. The van der Waals surface area contributed by atoms with Crippen molar-refractivity contribution in [3.63, 3.8) is 0 Å². The Morgan fingerprint density at radius 1 is 1.00 bits per heavy atom. The Hall–Kier alpha value is -1.47. The van der Waals surface area contributed by atoms with E-state index in [1.165, 1.54) is 29.7 Å². The summed E-state index contributed by atoms with van der Waals surface area (Å²) in [5.41, 5.74) is 3.63. The highest BCUT2D eigenvalue weighted by Gasteiger charge is 2.03. The highest BCUT2D eigenvalue weighted by Crippen LogP contribution is 2.26. The molecule has 0 aliphatic rings. The molecule has 0 fully saturated rings. The van der Waals surface area contributed by atoms with Crippen LogP contribution < -0.4 is 4.90 Å². The molecule has 19 heavy (non-hydrogen) atoms. The minimum Gasteiger partial charge on any atom is -0.375 e. The van der Waals surface area contributed by atoms with Crippen molar-refractivity contribution >= 4 is 17.3 Å². The quantitative estimate of drug-likeness (QED) is 0.720. The smallest absolute Gasteiger partial charge is 0.0412 e. The van der Waals surface area contributed by atoms with E-state index in [-0.39, 0.29) is 0 Å². The van der Waals surface area contributed by atoms with E-state index in [0.717, 1.165) is 11.6 Å². The van der Waals surface area contributed by atoms with Gasteiger partial charge in [0, 0.05) is 24.3 Å². The molecular formula is C17H20ClN. The predicted octanol–water partition coefficient (Wildman–Crippen LogP) is 5.24. The van der Waals surface area contributed by atoms with E-state index < -0.39 is 0 Å². The van der Waals surface area contributed by atoms with Gasteiger partial charge in [-0.25, -0.2) is 0 Å². The number of unbranched alkanes of at least 4 members (excludes halogenated alkanes) is 1. The number of benzene rings is 2. The Balaban J connectivity index is 2.24. The Bertz CT molecular complexity index is 536. The van der Waals surface area contributed by atoms with Crippen molar-refractivity contribution in [1.82, 2.24) is 0 Å². The van der Waals surface area contributed by atoms with E-state index in [9.17, 15) is 0 Å². The lowest BCUT2D eigenvalue weighted by Crippen LogP contribution is -2.18. The SMILES string of the molecule is CCCCN(C)c1cccc(-c2cccc(Cl)c2)c1. The van der Waals surface area contributed by atoms with Gasteiger partial charge >= 0.3 is 0 Å². The van der Waals surface area contributed by atoms with Gasteiger partial charge in [-0.3, -0.25) is 0 Å². The van der Waals surface area contributed by atoms with Gasteiger partial charge in [0.2, 0.25) is 0 Å². The van der Waals surface area contributed by atoms with Crippen molar-refractivity contribution in [3.05, 3.63) is 53.6 Å². The molecule has 2 aromatic rings. The van der Waals surface area contributed by atoms with Crippen LogP contribution in [-0.4, -0.2) is 13.6 Å². The molecule has 0 spiro atoms. The van der Waals surface area contributed by atoms with Crippen LogP contribution in [0.25, 0.3) is 11.1 Å². The van der Waals surface area contributed by atoms with Gasteiger partial charge in [0.15, 0.2) is 0 Å². The van der Waals surface area contributed by atoms with Crippen molar-refractivity contribution < 1.29 is 0 Å². The van der Waals surface area contributed by atoms with Crippen LogP contribution >= 0.6 is 11.6 Å². The van der Waals surface area contributed by atoms with Gasteiger partial charge in [0.1, 0.15) is 0 Å². The molecule has 2 rings (SSSR count). The first kappa shape index (κ1) is 14.0. The molecule has 2 aromatic carbocycles. The number of halogens is 1. The average Bonchev–Trinajstić information content (AvgIpc) is 2.45. The molecule has 0 aliphatic carbocycles. The molecule has 0 atom stereocenters. The van der Waals surface area contributed by atoms with Crippen molar-refractivity contribution in [2.75, 3.05) is 18.5 Å². The molecule has 0 aromatic heterocycles. The maximum Gasteiger partial charge on any atom is 0.0412 e. The number of hydrogen-bond acceptors (Lipinski definition) is 1. The summed E-state index contributed by atoms with van der Waals surface area (Å²) in [6.45, 7) is 3.31. The van der Waals surface area contributed by atoms with E-state index >= 15 is 0 Å². The zero-order valence-corrected chi connectivity index (χ0v) is 12.3. The van der Waals surface area contributed by atoms with E-state index in [0.29, 0.717) is 0 Å². The van der Waals surface area contributed by atoms with Crippen LogP contribution in [-0.2, 0) is 0 Å². The zero-order chi connectivity index (χ0) is 13.7. The van der Waals surface area contributed by atoms with Crippen LogP contribution in [0.5, 0.6) is 0 Å². The molecule has 2 heteroatoms. The van der Waals surface area contributed by atoms with Crippen molar-refractivity contribution in [2.45, 2.75) is 19.8 Å². The summed E-state index contributed by atoms with van der Waals surface area (Å²) < 4.78 is 0. The topological polar surface area (TPSA) is 3.24 Å². The Kier molecular flexibility index (Phi) is 4.86. The normalized spacial score (nSPS) is 10.5. The first-order valence-corrected chi connectivity index (χ1v) is 7.15.